The molecule has 20 heavy (non-hydrogen) atoms. The van der Waals surface area contributed by atoms with E-state index >= 15 is 0 Å². The van der Waals surface area contributed by atoms with Crippen molar-refractivity contribution < 1.29 is 9.66 Å². The monoisotopic (exact) mass is 295 g/mol. The molecule has 0 aliphatic rings. The maximum absolute atomic E-state index is 10.5. The summed E-state index contributed by atoms with van der Waals surface area (Å²) in [4.78, 5) is 9.97. The van der Waals surface area contributed by atoms with Gasteiger partial charge in [-0.15, -0.1) is 0 Å². The summed E-state index contributed by atoms with van der Waals surface area (Å²) >= 11 is 5.85. The van der Waals surface area contributed by atoms with E-state index in [9.17, 15) is 10.1 Å². The van der Waals surface area contributed by atoms with Gasteiger partial charge in [0, 0.05) is 5.02 Å². The van der Waals surface area contributed by atoms with E-state index in [-0.39, 0.29) is 5.82 Å². The van der Waals surface area contributed by atoms with Gasteiger partial charge < -0.3 is 14.9 Å². The summed E-state index contributed by atoms with van der Waals surface area (Å²) in [6.45, 7) is 1.20. The highest BCUT2D eigenvalue weighted by atomic mass is 35.5. The van der Waals surface area contributed by atoms with Crippen molar-refractivity contribution in [3.05, 3.63) is 51.7 Å². The van der Waals surface area contributed by atoms with Gasteiger partial charge in [-0.3, -0.25) is 0 Å². The molecule has 0 amide bonds. The Kier molecular flexibility index (Phi) is 4.95. The van der Waals surface area contributed by atoms with Crippen molar-refractivity contribution in [3.63, 3.8) is 0 Å². The van der Waals surface area contributed by atoms with Crippen LogP contribution in [-0.4, -0.2) is 21.3 Å². The molecular formula is C13H14ClN3O3. The molecule has 106 valence electrons. The van der Waals surface area contributed by atoms with Crippen molar-refractivity contribution in [2.24, 2.45) is 0 Å². The molecule has 1 aromatic carbocycles. The number of aromatic nitrogens is 2. The lowest BCUT2D eigenvalue weighted by Crippen LogP contribution is -2.03. The molecule has 1 aromatic heterocycles. The minimum absolute atomic E-state index is 0.125. The lowest BCUT2D eigenvalue weighted by molar-refractivity contribution is -0.389. The minimum atomic E-state index is -0.501. The van der Waals surface area contributed by atoms with E-state index in [0.29, 0.717) is 18.2 Å². The van der Waals surface area contributed by atoms with Gasteiger partial charge in [0.1, 0.15) is 5.75 Å². The first-order valence-electron chi connectivity index (χ1n) is 6.21. The summed E-state index contributed by atoms with van der Waals surface area (Å²) in [6, 6.07) is 8.63. The molecule has 7 heteroatoms. The minimum Gasteiger partial charge on any atom is -0.494 e. The molecule has 0 fully saturated rings. The molecule has 0 aliphatic carbocycles. The second-order valence-electron chi connectivity index (χ2n) is 4.21. The molecule has 0 spiro atoms. The van der Waals surface area contributed by atoms with Crippen molar-refractivity contribution in [1.82, 2.24) is 9.78 Å². The van der Waals surface area contributed by atoms with Crippen molar-refractivity contribution in [3.8, 4) is 5.75 Å². The van der Waals surface area contributed by atoms with E-state index in [0.717, 1.165) is 18.6 Å². The van der Waals surface area contributed by atoms with Crippen LogP contribution in [0.15, 0.2) is 36.5 Å². The summed E-state index contributed by atoms with van der Waals surface area (Å²) in [7, 11) is 0. The zero-order valence-electron chi connectivity index (χ0n) is 10.7. The SMILES string of the molecule is O=[N+]([O-])c1ccn(CCCCOc2cccc(Cl)c2)n1. The molecule has 1 heterocycles. The van der Waals surface area contributed by atoms with Crippen molar-refractivity contribution >= 4 is 17.4 Å². The van der Waals surface area contributed by atoms with E-state index in [1.54, 1.807) is 23.0 Å². The Labute approximate surface area is 121 Å². The number of nitrogens with zero attached hydrogens (tertiary/aromatic N) is 3. The van der Waals surface area contributed by atoms with Crippen LogP contribution in [0.2, 0.25) is 5.02 Å². The number of hydrogen-bond acceptors (Lipinski definition) is 4. The second-order valence-corrected chi connectivity index (χ2v) is 4.64. The van der Waals surface area contributed by atoms with E-state index in [2.05, 4.69) is 5.10 Å². The average molecular weight is 296 g/mol. The highest BCUT2D eigenvalue weighted by molar-refractivity contribution is 6.30. The predicted molar refractivity (Wildman–Crippen MR) is 75.1 cm³/mol. The summed E-state index contributed by atoms with van der Waals surface area (Å²) in [5.74, 6) is 0.618. The lowest BCUT2D eigenvalue weighted by Gasteiger charge is -2.05. The molecular weight excluding hydrogens is 282 g/mol. The van der Waals surface area contributed by atoms with Gasteiger partial charge in [-0.1, -0.05) is 17.7 Å². The normalized spacial score (nSPS) is 10.4. The number of nitro groups is 1. The van der Waals surface area contributed by atoms with Gasteiger partial charge in [-0.05, 0) is 36.0 Å². The highest BCUT2D eigenvalue weighted by Crippen LogP contribution is 2.17. The maximum atomic E-state index is 10.5. The molecule has 6 nitrogen and oxygen atoms in total. The Hall–Kier alpha value is -2.08. The molecule has 0 atom stereocenters. The second kappa shape index (κ2) is 6.91. The van der Waals surface area contributed by atoms with Crippen LogP contribution in [0.5, 0.6) is 5.75 Å². The molecule has 0 aliphatic heterocycles. The summed E-state index contributed by atoms with van der Waals surface area (Å²) in [5, 5.41) is 15.0. The molecule has 0 N–H and O–H groups in total. The first-order valence-corrected chi connectivity index (χ1v) is 6.59. The van der Waals surface area contributed by atoms with Gasteiger partial charge >= 0.3 is 5.82 Å². The van der Waals surface area contributed by atoms with Gasteiger partial charge in [-0.25, -0.2) is 0 Å². The zero-order valence-corrected chi connectivity index (χ0v) is 11.5. The highest BCUT2D eigenvalue weighted by Gasteiger charge is 2.09. The van der Waals surface area contributed by atoms with Crippen LogP contribution in [0.4, 0.5) is 5.82 Å². The fraction of sp³-hybridized carbons (Fsp3) is 0.308. The third-order valence-corrected chi connectivity index (χ3v) is 2.90. The van der Waals surface area contributed by atoms with Gasteiger partial charge in [0.25, 0.3) is 0 Å². The first kappa shape index (κ1) is 14.3. The Morgan fingerprint density at radius 1 is 1.35 bits per heavy atom. The van der Waals surface area contributed by atoms with Crippen LogP contribution in [-0.2, 0) is 6.54 Å². The molecule has 0 radical (unpaired) electrons. The van der Waals surface area contributed by atoms with Gasteiger partial charge in [0.2, 0.25) is 0 Å². The molecule has 0 saturated carbocycles. The van der Waals surface area contributed by atoms with E-state index < -0.39 is 4.92 Å². The summed E-state index contributed by atoms with van der Waals surface area (Å²) in [6.07, 6.45) is 3.27. The topological polar surface area (TPSA) is 70.2 Å². The Morgan fingerprint density at radius 3 is 2.90 bits per heavy atom. The zero-order chi connectivity index (χ0) is 14.4. The number of ether oxygens (including phenoxy) is 1. The third kappa shape index (κ3) is 4.24. The largest absolute Gasteiger partial charge is 0.494 e. The van der Waals surface area contributed by atoms with Crippen LogP contribution in [0.25, 0.3) is 0 Å². The quantitative estimate of drug-likeness (QED) is 0.446. The van der Waals surface area contributed by atoms with Crippen LogP contribution in [0.1, 0.15) is 12.8 Å². The Morgan fingerprint density at radius 2 is 2.20 bits per heavy atom. The average Bonchev–Trinajstić information content (AvgIpc) is 2.87. The number of aryl methyl sites for hydroxylation is 1. The van der Waals surface area contributed by atoms with Crippen molar-refractivity contribution in [2.45, 2.75) is 19.4 Å². The Balaban J connectivity index is 1.67. The molecule has 0 unspecified atom stereocenters. The van der Waals surface area contributed by atoms with Crippen LogP contribution >= 0.6 is 11.6 Å². The number of unbranched alkanes of at least 4 members (excludes halogenated alkanes) is 1. The fourth-order valence-electron chi connectivity index (χ4n) is 1.70. The van der Waals surface area contributed by atoms with Gasteiger partial charge in [-0.2, -0.15) is 4.68 Å². The van der Waals surface area contributed by atoms with E-state index in [4.69, 9.17) is 16.3 Å². The van der Waals surface area contributed by atoms with E-state index in [1.165, 1.54) is 6.07 Å². The first-order chi connectivity index (χ1) is 9.65. The number of benzene rings is 1. The Bertz CT molecular complexity index is 586. The summed E-state index contributed by atoms with van der Waals surface area (Å²) < 4.78 is 7.11. The standard InChI is InChI=1S/C13H14ClN3O3/c14-11-4-3-5-12(10-11)20-9-2-1-7-16-8-6-13(15-16)17(18)19/h3-6,8,10H,1-2,7,9H2. The smallest absolute Gasteiger partial charge is 0.389 e. The number of hydrogen-bond donors (Lipinski definition) is 0. The van der Waals surface area contributed by atoms with Gasteiger partial charge in [0.05, 0.1) is 30.5 Å². The fourth-order valence-corrected chi connectivity index (χ4v) is 1.88. The predicted octanol–water partition coefficient (Wildman–Crippen LogP) is 3.30. The molecule has 2 rings (SSSR count). The van der Waals surface area contributed by atoms with Crippen LogP contribution in [0.3, 0.4) is 0 Å². The number of halogens is 1. The van der Waals surface area contributed by atoms with E-state index in [1.807, 2.05) is 12.1 Å². The van der Waals surface area contributed by atoms with Crippen molar-refractivity contribution in [2.75, 3.05) is 6.61 Å². The molecule has 0 bridgehead atoms. The maximum Gasteiger partial charge on any atom is 0.389 e. The van der Waals surface area contributed by atoms with Crippen molar-refractivity contribution in [1.29, 1.82) is 0 Å². The lowest BCUT2D eigenvalue weighted by atomic mass is 10.3. The van der Waals surface area contributed by atoms with Gasteiger partial charge in [0.15, 0.2) is 0 Å². The van der Waals surface area contributed by atoms with Crippen LogP contribution in [0, 0.1) is 10.1 Å². The molecule has 2 aromatic rings. The number of rotatable bonds is 7. The van der Waals surface area contributed by atoms with Crippen LogP contribution < -0.4 is 4.74 Å². The molecule has 0 saturated heterocycles. The summed E-state index contributed by atoms with van der Waals surface area (Å²) in [5.41, 5.74) is 0. The third-order valence-electron chi connectivity index (χ3n) is 2.66.